The van der Waals surface area contributed by atoms with Crippen molar-refractivity contribution in [2.45, 2.75) is 6.54 Å². The molecule has 148 valence electrons. The molecule has 0 spiro atoms. The highest BCUT2D eigenvalue weighted by atomic mass is 79.9. The molecule has 3 aromatic rings. The number of hydrogen-bond acceptors (Lipinski definition) is 3. The molecule has 29 heavy (non-hydrogen) atoms. The summed E-state index contributed by atoms with van der Waals surface area (Å²) in [5.41, 5.74) is 1.29. The number of carbonyl (C=O) groups is 2. The molecule has 0 saturated carbocycles. The van der Waals surface area contributed by atoms with Gasteiger partial charge in [0.1, 0.15) is 18.1 Å². The number of carbonyl (C=O) groups excluding carboxylic acids is 2. The largest absolute Gasteiger partial charge is 0.467 e. The Hall–Kier alpha value is -3.19. The Morgan fingerprint density at radius 2 is 1.83 bits per heavy atom. The molecule has 0 bridgehead atoms. The SMILES string of the molecule is O=C(CN(Cc1ccco1)C(=O)C=Cc1ccc(F)cc1)Nc1ccccc1Br. The first kappa shape index (κ1) is 20.5. The molecule has 0 aliphatic rings. The summed E-state index contributed by atoms with van der Waals surface area (Å²) in [6, 6.07) is 16.4. The van der Waals surface area contributed by atoms with Gasteiger partial charge in [-0.2, -0.15) is 0 Å². The van der Waals surface area contributed by atoms with E-state index >= 15 is 0 Å². The zero-order valence-corrected chi connectivity index (χ0v) is 16.9. The zero-order valence-electron chi connectivity index (χ0n) is 15.3. The second-order valence-electron chi connectivity index (χ2n) is 6.19. The van der Waals surface area contributed by atoms with Gasteiger partial charge in [0.05, 0.1) is 18.5 Å². The average Bonchev–Trinajstić information content (AvgIpc) is 3.22. The van der Waals surface area contributed by atoms with Gasteiger partial charge in [0, 0.05) is 10.5 Å². The number of nitrogens with zero attached hydrogens (tertiary/aromatic N) is 1. The van der Waals surface area contributed by atoms with Gasteiger partial charge in [0.15, 0.2) is 0 Å². The van der Waals surface area contributed by atoms with Gasteiger partial charge in [-0.3, -0.25) is 9.59 Å². The normalized spacial score (nSPS) is 10.8. The highest BCUT2D eigenvalue weighted by Gasteiger charge is 2.17. The van der Waals surface area contributed by atoms with E-state index in [0.29, 0.717) is 17.0 Å². The maximum absolute atomic E-state index is 13.0. The van der Waals surface area contributed by atoms with E-state index in [9.17, 15) is 14.0 Å². The molecule has 7 heteroatoms. The van der Waals surface area contributed by atoms with Crippen molar-refractivity contribution in [1.82, 2.24) is 4.90 Å². The highest BCUT2D eigenvalue weighted by Crippen LogP contribution is 2.21. The molecule has 0 fully saturated rings. The zero-order chi connectivity index (χ0) is 20.6. The Labute approximate surface area is 176 Å². The molecule has 2 amide bonds. The van der Waals surface area contributed by atoms with E-state index in [1.165, 1.54) is 29.4 Å². The van der Waals surface area contributed by atoms with Gasteiger partial charge in [0.2, 0.25) is 11.8 Å². The smallest absolute Gasteiger partial charge is 0.247 e. The number of halogens is 2. The molecule has 5 nitrogen and oxygen atoms in total. The van der Waals surface area contributed by atoms with Crippen LogP contribution in [0.2, 0.25) is 0 Å². The number of anilines is 1. The van der Waals surface area contributed by atoms with Crippen LogP contribution in [0.15, 0.2) is 81.9 Å². The first-order valence-electron chi connectivity index (χ1n) is 8.80. The standard InChI is InChI=1S/C22H18BrFN2O3/c23-19-5-1-2-6-20(19)25-21(27)15-26(14-18-4-3-13-29-18)22(28)12-9-16-7-10-17(24)11-8-16/h1-13H,14-15H2,(H,25,27). The fourth-order valence-corrected chi connectivity index (χ4v) is 2.96. The van der Waals surface area contributed by atoms with E-state index in [4.69, 9.17) is 4.42 Å². The number of benzene rings is 2. The van der Waals surface area contributed by atoms with Crippen molar-refractivity contribution >= 4 is 39.5 Å². The molecule has 0 atom stereocenters. The van der Waals surface area contributed by atoms with Crippen LogP contribution in [0.5, 0.6) is 0 Å². The van der Waals surface area contributed by atoms with Crippen LogP contribution in [0.4, 0.5) is 10.1 Å². The van der Waals surface area contributed by atoms with Crippen LogP contribution < -0.4 is 5.32 Å². The van der Waals surface area contributed by atoms with Crippen LogP contribution in [0.25, 0.3) is 6.08 Å². The quantitative estimate of drug-likeness (QED) is 0.516. The van der Waals surface area contributed by atoms with E-state index in [1.54, 1.807) is 42.5 Å². The summed E-state index contributed by atoms with van der Waals surface area (Å²) in [5.74, 6) is -0.501. The first-order chi connectivity index (χ1) is 14.0. The number of rotatable bonds is 7. The fraction of sp³-hybridized carbons (Fsp3) is 0.0909. The Morgan fingerprint density at radius 1 is 1.07 bits per heavy atom. The van der Waals surface area contributed by atoms with Crippen molar-refractivity contribution in [2.24, 2.45) is 0 Å². The lowest BCUT2D eigenvalue weighted by Gasteiger charge is -2.20. The van der Waals surface area contributed by atoms with Crippen LogP contribution in [0.1, 0.15) is 11.3 Å². The minimum atomic E-state index is -0.368. The van der Waals surface area contributed by atoms with Crippen LogP contribution in [0.3, 0.4) is 0 Å². The summed E-state index contributed by atoms with van der Waals surface area (Å²) in [6.45, 7) is -0.0163. The van der Waals surface area contributed by atoms with Crippen molar-refractivity contribution in [1.29, 1.82) is 0 Å². The van der Waals surface area contributed by atoms with E-state index in [2.05, 4.69) is 21.2 Å². The second kappa shape index (κ2) is 9.84. The van der Waals surface area contributed by atoms with Crippen LogP contribution in [-0.4, -0.2) is 23.3 Å². The predicted molar refractivity (Wildman–Crippen MR) is 112 cm³/mol. The molecule has 3 rings (SSSR count). The molecule has 0 saturated heterocycles. The monoisotopic (exact) mass is 456 g/mol. The van der Waals surface area contributed by atoms with Crippen molar-refractivity contribution in [2.75, 3.05) is 11.9 Å². The van der Waals surface area contributed by atoms with Crippen molar-refractivity contribution in [3.05, 3.63) is 94.6 Å². The third-order valence-electron chi connectivity index (χ3n) is 4.01. The number of furan rings is 1. The number of amides is 2. The summed E-state index contributed by atoms with van der Waals surface area (Å²) < 4.78 is 19.1. The molecule has 2 aromatic carbocycles. The average molecular weight is 457 g/mol. The van der Waals surface area contributed by atoms with Crippen molar-refractivity contribution in [3.63, 3.8) is 0 Å². The molecule has 1 heterocycles. The van der Waals surface area contributed by atoms with Crippen LogP contribution in [-0.2, 0) is 16.1 Å². The third kappa shape index (κ3) is 6.15. The molecule has 0 radical (unpaired) electrons. The summed E-state index contributed by atoms with van der Waals surface area (Å²) in [7, 11) is 0. The molecule has 0 aliphatic carbocycles. The lowest BCUT2D eigenvalue weighted by Crippen LogP contribution is -2.36. The fourth-order valence-electron chi connectivity index (χ4n) is 2.57. The Bertz CT molecular complexity index is 1000. The van der Waals surface area contributed by atoms with E-state index < -0.39 is 0 Å². The van der Waals surface area contributed by atoms with E-state index in [1.807, 2.05) is 12.1 Å². The van der Waals surface area contributed by atoms with Crippen LogP contribution in [0, 0.1) is 5.82 Å². The van der Waals surface area contributed by atoms with E-state index in [0.717, 1.165) is 4.47 Å². The van der Waals surface area contributed by atoms with Gasteiger partial charge in [-0.05, 0) is 64.0 Å². The van der Waals surface area contributed by atoms with Gasteiger partial charge < -0.3 is 14.6 Å². The minimum absolute atomic E-state index is 0.142. The summed E-state index contributed by atoms with van der Waals surface area (Å²) in [6.07, 6.45) is 4.43. The highest BCUT2D eigenvalue weighted by molar-refractivity contribution is 9.10. The van der Waals surface area contributed by atoms with E-state index in [-0.39, 0.29) is 30.7 Å². The maximum Gasteiger partial charge on any atom is 0.247 e. The van der Waals surface area contributed by atoms with Gasteiger partial charge in [-0.25, -0.2) is 4.39 Å². The van der Waals surface area contributed by atoms with Gasteiger partial charge >= 0.3 is 0 Å². The Morgan fingerprint density at radius 3 is 2.52 bits per heavy atom. The predicted octanol–water partition coefficient (Wildman–Crippen LogP) is 4.86. The van der Waals surface area contributed by atoms with Gasteiger partial charge in [0.25, 0.3) is 0 Å². The number of hydrogen-bond donors (Lipinski definition) is 1. The topological polar surface area (TPSA) is 62.6 Å². The maximum atomic E-state index is 13.0. The molecular weight excluding hydrogens is 439 g/mol. The third-order valence-corrected chi connectivity index (χ3v) is 4.70. The molecule has 0 aliphatic heterocycles. The number of para-hydroxylation sites is 1. The van der Waals surface area contributed by atoms with Gasteiger partial charge in [-0.15, -0.1) is 0 Å². The summed E-state index contributed by atoms with van der Waals surface area (Å²) in [5, 5.41) is 2.78. The lowest BCUT2D eigenvalue weighted by atomic mass is 10.2. The molecule has 1 N–H and O–H groups in total. The number of nitrogens with one attached hydrogen (secondary N) is 1. The second-order valence-corrected chi connectivity index (χ2v) is 7.04. The van der Waals surface area contributed by atoms with Crippen molar-refractivity contribution < 1.29 is 18.4 Å². The Balaban J connectivity index is 1.71. The van der Waals surface area contributed by atoms with Crippen molar-refractivity contribution in [3.8, 4) is 0 Å². The lowest BCUT2D eigenvalue weighted by molar-refractivity contribution is -0.131. The first-order valence-corrected chi connectivity index (χ1v) is 9.60. The summed E-state index contributed by atoms with van der Waals surface area (Å²) >= 11 is 3.38. The van der Waals surface area contributed by atoms with Gasteiger partial charge in [-0.1, -0.05) is 24.3 Å². The Kier molecular flexibility index (Phi) is 6.97. The molecule has 1 aromatic heterocycles. The summed E-state index contributed by atoms with van der Waals surface area (Å²) in [4.78, 5) is 26.6. The molecular formula is C22H18BrFN2O3. The van der Waals surface area contributed by atoms with Crippen LogP contribution >= 0.6 is 15.9 Å². The minimum Gasteiger partial charge on any atom is -0.467 e. The molecule has 0 unspecified atom stereocenters.